The minimum Gasteiger partial charge on any atom is -0.469 e. The number of hydrogen-bond donors (Lipinski definition) is 0. The van der Waals surface area contributed by atoms with Gasteiger partial charge in [0.25, 0.3) is 0 Å². The molecule has 3 atom stereocenters. The van der Waals surface area contributed by atoms with E-state index in [9.17, 15) is 13.2 Å². The molecule has 100 valence electrons. The van der Waals surface area contributed by atoms with Gasteiger partial charge in [-0.2, -0.15) is 0 Å². The lowest BCUT2D eigenvalue weighted by Crippen LogP contribution is -2.53. The molecular weight excluding hydrogens is 242 g/mol. The summed E-state index contributed by atoms with van der Waals surface area (Å²) in [7, 11) is -1.54. The molecule has 0 aromatic heterocycles. The zero-order valence-electron chi connectivity index (χ0n) is 10.8. The number of methoxy groups -OCH3 is 1. The molecule has 0 radical (unpaired) electrons. The van der Waals surface area contributed by atoms with Gasteiger partial charge in [-0.25, -0.2) is 8.42 Å². The lowest BCUT2D eigenvalue weighted by molar-refractivity contribution is -0.147. The highest BCUT2D eigenvalue weighted by Gasteiger charge is 2.35. The van der Waals surface area contributed by atoms with Crippen LogP contribution in [0.4, 0.5) is 0 Å². The molecule has 0 bridgehead atoms. The summed E-state index contributed by atoms with van der Waals surface area (Å²) >= 11 is 0. The Hall–Kier alpha value is -0.620. The van der Waals surface area contributed by atoms with E-state index in [2.05, 4.69) is 4.90 Å². The molecule has 1 aliphatic heterocycles. The highest BCUT2D eigenvalue weighted by molar-refractivity contribution is 7.91. The van der Waals surface area contributed by atoms with E-state index in [4.69, 9.17) is 4.74 Å². The Morgan fingerprint density at radius 3 is 2.47 bits per heavy atom. The van der Waals surface area contributed by atoms with Crippen LogP contribution in [0.3, 0.4) is 0 Å². The van der Waals surface area contributed by atoms with Crippen LogP contribution in [0, 0.1) is 5.92 Å². The summed E-state index contributed by atoms with van der Waals surface area (Å²) in [5.41, 5.74) is 0. The number of carbonyl (C=O) groups is 1. The fraction of sp³-hybridized carbons (Fsp3) is 0.909. The summed E-state index contributed by atoms with van der Waals surface area (Å²) in [6, 6.07) is -0.0520. The van der Waals surface area contributed by atoms with Gasteiger partial charge in [0.1, 0.15) is 0 Å². The molecule has 1 saturated heterocycles. The Balaban J connectivity index is 2.71. The highest BCUT2D eigenvalue weighted by atomic mass is 32.2. The molecular formula is C11H21NO4S. The lowest BCUT2D eigenvalue weighted by atomic mass is 10.0. The lowest BCUT2D eigenvalue weighted by Gasteiger charge is -2.39. The van der Waals surface area contributed by atoms with Gasteiger partial charge in [0.05, 0.1) is 24.5 Å². The molecule has 6 heteroatoms. The third kappa shape index (κ3) is 3.42. The number of ether oxygens (including phenoxy) is 1. The molecule has 3 unspecified atom stereocenters. The third-order valence-corrected chi connectivity index (χ3v) is 5.34. The van der Waals surface area contributed by atoms with Crippen molar-refractivity contribution in [3.8, 4) is 0 Å². The number of carbonyl (C=O) groups excluding carboxylic acids is 1. The number of nitrogens with zero attached hydrogens (tertiary/aromatic N) is 1. The molecule has 0 saturated carbocycles. The van der Waals surface area contributed by atoms with Crippen molar-refractivity contribution in [2.75, 3.05) is 25.2 Å². The topological polar surface area (TPSA) is 63.7 Å². The van der Waals surface area contributed by atoms with Gasteiger partial charge in [-0.15, -0.1) is 0 Å². The van der Waals surface area contributed by atoms with Crippen molar-refractivity contribution >= 4 is 15.8 Å². The van der Waals surface area contributed by atoms with E-state index in [0.29, 0.717) is 6.54 Å². The van der Waals surface area contributed by atoms with Crippen molar-refractivity contribution in [1.29, 1.82) is 0 Å². The first kappa shape index (κ1) is 14.4. The normalized spacial score (nSPS) is 28.4. The summed E-state index contributed by atoms with van der Waals surface area (Å²) < 4.78 is 27.7. The predicted molar refractivity (Wildman–Crippen MR) is 65.5 cm³/mol. The monoisotopic (exact) mass is 263 g/mol. The van der Waals surface area contributed by atoms with Crippen LogP contribution >= 0.6 is 0 Å². The van der Waals surface area contributed by atoms with Crippen molar-refractivity contribution in [1.82, 2.24) is 4.90 Å². The van der Waals surface area contributed by atoms with Crippen molar-refractivity contribution < 1.29 is 17.9 Å². The maximum atomic E-state index is 11.5. The Bertz CT molecular complexity index is 379. The van der Waals surface area contributed by atoms with Crippen LogP contribution in [-0.2, 0) is 19.4 Å². The van der Waals surface area contributed by atoms with Crippen LogP contribution in [0.2, 0.25) is 0 Å². The van der Waals surface area contributed by atoms with Crippen LogP contribution in [0.5, 0.6) is 0 Å². The van der Waals surface area contributed by atoms with Crippen molar-refractivity contribution in [3.63, 3.8) is 0 Å². The molecule has 0 N–H and O–H groups in total. The molecule has 5 nitrogen and oxygen atoms in total. The first-order chi connectivity index (χ1) is 7.78. The smallest absolute Gasteiger partial charge is 0.309 e. The molecule has 1 heterocycles. The molecule has 0 aromatic carbocycles. The maximum absolute atomic E-state index is 11.5. The molecule has 0 aromatic rings. The maximum Gasteiger partial charge on any atom is 0.309 e. The average molecular weight is 263 g/mol. The Morgan fingerprint density at radius 2 is 2.00 bits per heavy atom. The van der Waals surface area contributed by atoms with Gasteiger partial charge < -0.3 is 4.74 Å². The molecule has 1 aliphatic rings. The highest BCUT2D eigenvalue weighted by Crippen LogP contribution is 2.20. The molecule has 1 rings (SSSR count). The Kier molecular flexibility index (Phi) is 4.55. The van der Waals surface area contributed by atoms with Crippen molar-refractivity contribution in [2.24, 2.45) is 5.92 Å². The zero-order chi connectivity index (χ0) is 13.2. The minimum atomic E-state index is -2.91. The third-order valence-electron chi connectivity index (χ3n) is 3.54. The predicted octanol–water partition coefficient (Wildman–Crippen LogP) is 0.303. The Morgan fingerprint density at radius 1 is 1.41 bits per heavy atom. The fourth-order valence-corrected chi connectivity index (χ4v) is 3.87. The Labute approximate surface area is 103 Å². The summed E-state index contributed by atoms with van der Waals surface area (Å²) in [4.78, 5) is 13.5. The van der Waals surface area contributed by atoms with Gasteiger partial charge in [-0.05, 0) is 13.8 Å². The van der Waals surface area contributed by atoms with E-state index in [-0.39, 0.29) is 35.5 Å². The van der Waals surface area contributed by atoms with E-state index in [1.807, 2.05) is 20.8 Å². The summed E-state index contributed by atoms with van der Waals surface area (Å²) in [6.45, 7) is 6.13. The molecule has 17 heavy (non-hydrogen) atoms. The van der Waals surface area contributed by atoms with E-state index in [1.165, 1.54) is 7.11 Å². The van der Waals surface area contributed by atoms with Crippen LogP contribution in [0.1, 0.15) is 20.8 Å². The van der Waals surface area contributed by atoms with Crippen LogP contribution in [-0.4, -0.2) is 56.5 Å². The van der Waals surface area contributed by atoms with Gasteiger partial charge in [0.2, 0.25) is 0 Å². The quantitative estimate of drug-likeness (QED) is 0.685. The molecule has 0 spiro atoms. The van der Waals surface area contributed by atoms with Gasteiger partial charge in [0.15, 0.2) is 9.84 Å². The van der Waals surface area contributed by atoms with Crippen LogP contribution in [0.25, 0.3) is 0 Å². The summed E-state index contributed by atoms with van der Waals surface area (Å²) in [5, 5.41) is 0. The van der Waals surface area contributed by atoms with E-state index < -0.39 is 9.84 Å². The SMILES string of the molecule is COC(=O)C(C)C(C)N1CCS(=O)(=O)CC1C. The van der Waals surface area contributed by atoms with Crippen molar-refractivity contribution in [2.45, 2.75) is 32.9 Å². The second-order valence-electron chi connectivity index (χ2n) is 4.75. The first-order valence-corrected chi connectivity index (χ1v) is 7.64. The zero-order valence-corrected chi connectivity index (χ0v) is 11.7. The number of esters is 1. The molecule has 0 amide bonds. The standard InChI is InChI=1S/C11H21NO4S/c1-8-7-17(14,15)6-5-12(8)10(3)9(2)11(13)16-4/h8-10H,5-7H2,1-4H3. The van der Waals surface area contributed by atoms with E-state index in [0.717, 1.165) is 0 Å². The summed E-state index contributed by atoms with van der Waals surface area (Å²) in [6.07, 6.45) is 0. The van der Waals surface area contributed by atoms with E-state index >= 15 is 0 Å². The van der Waals surface area contributed by atoms with Gasteiger partial charge in [-0.3, -0.25) is 9.69 Å². The van der Waals surface area contributed by atoms with E-state index in [1.54, 1.807) is 0 Å². The van der Waals surface area contributed by atoms with Gasteiger partial charge in [-0.1, -0.05) is 6.92 Å². The number of rotatable bonds is 3. The van der Waals surface area contributed by atoms with Crippen LogP contribution in [0.15, 0.2) is 0 Å². The fourth-order valence-electron chi connectivity index (χ4n) is 2.29. The summed E-state index contributed by atoms with van der Waals surface area (Å²) in [5.74, 6) is -0.151. The largest absolute Gasteiger partial charge is 0.469 e. The first-order valence-electron chi connectivity index (χ1n) is 5.82. The second-order valence-corrected chi connectivity index (χ2v) is 6.98. The molecule has 1 fully saturated rings. The number of hydrogen-bond acceptors (Lipinski definition) is 5. The van der Waals surface area contributed by atoms with Gasteiger partial charge in [0, 0.05) is 18.6 Å². The average Bonchev–Trinajstić information content (AvgIpc) is 2.25. The van der Waals surface area contributed by atoms with Gasteiger partial charge >= 0.3 is 5.97 Å². The van der Waals surface area contributed by atoms with Crippen LogP contribution < -0.4 is 0 Å². The number of sulfone groups is 1. The second kappa shape index (κ2) is 5.35. The molecule has 0 aliphatic carbocycles. The minimum absolute atomic E-state index is 0.00653. The van der Waals surface area contributed by atoms with Crippen molar-refractivity contribution in [3.05, 3.63) is 0 Å².